The predicted molar refractivity (Wildman–Crippen MR) is 132 cm³/mol. The molecule has 2 heterocycles. The maximum atomic E-state index is 13.4. The molecule has 0 saturated carbocycles. The van der Waals surface area contributed by atoms with Gasteiger partial charge in [-0.2, -0.15) is 9.40 Å². The van der Waals surface area contributed by atoms with Crippen LogP contribution in [0.3, 0.4) is 0 Å². The van der Waals surface area contributed by atoms with Crippen LogP contribution in [0.4, 0.5) is 0 Å². The Balaban J connectivity index is 1.51. The van der Waals surface area contributed by atoms with E-state index < -0.39 is 10.0 Å². The number of aryl methyl sites for hydroxylation is 1. The number of ether oxygens (including phenoxy) is 2. The van der Waals surface area contributed by atoms with Gasteiger partial charge in [-0.3, -0.25) is 4.79 Å². The van der Waals surface area contributed by atoms with Gasteiger partial charge in [-0.1, -0.05) is 24.6 Å². The van der Waals surface area contributed by atoms with Crippen LogP contribution in [0.5, 0.6) is 11.5 Å². The van der Waals surface area contributed by atoms with Gasteiger partial charge in [-0.05, 0) is 37.6 Å². The van der Waals surface area contributed by atoms with E-state index in [1.165, 1.54) is 24.6 Å². The number of rotatable bonds is 7. The molecule has 10 heteroatoms. The van der Waals surface area contributed by atoms with Crippen molar-refractivity contribution in [2.24, 2.45) is 0 Å². The molecule has 0 spiro atoms. The number of hydrogen-bond donors (Lipinski definition) is 0. The third kappa shape index (κ3) is 4.76. The summed E-state index contributed by atoms with van der Waals surface area (Å²) < 4.78 is 40.3. The Bertz CT molecular complexity index is 1310. The van der Waals surface area contributed by atoms with Crippen LogP contribution in [0.25, 0.3) is 5.69 Å². The lowest BCUT2D eigenvalue weighted by Crippen LogP contribution is -2.50. The normalized spacial score (nSPS) is 14.7. The zero-order chi connectivity index (χ0) is 25.2. The lowest BCUT2D eigenvalue weighted by molar-refractivity contribution is 0.0696. The Labute approximate surface area is 205 Å². The van der Waals surface area contributed by atoms with E-state index in [4.69, 9.17) is 9.47 Å². The average molecular weight is 499 g/mol. The lowest BCUT2D eigenvalue weighted by Gasteiger charge is -2.34. The molecule has 0 N–H and O–H groups in total. The fourth-order valence-corrected chi connectivity index (χ4v) is 5.82. The molecule has 0 bridgehead atoms. The van der Waals surface area contributed by atoms with E-state index in [1.807, 2.05) is 38.1 Å². The van der Waals surface area contributed by atoms with Crippen molar-refractivity contribution < 1.29 is 22.7 Å². The standard InChI is InChI=1S/C25H30N4O5S/c1-5-22-21(17-26-29(22)19-8-6-18(2)7-9-19)25(30)27-12-14-28(15-13-27)35(31,32)24-16-20(33-3)10-11-23(24)34-4/h6-11,16-17H,5,12-15H2,1-4H3. The Hall–Kier alpha value is -3.37. The third-order valence-corrected chi connectivity index (χ3v) is 8.15. The number of benzene rings is 2. The molecule has 35 heavy (non-hydrogen) atoms. The van der Waals surface area contributed by atoms with E-state index in [0.29, 0.717) is 17.7 Å². The first-order valence-corrected chi connectivity index (χ1v) is 12.9. The number of methoxy groups -OCH3 is 2. The van der Waals surface area contributed by atoms with Crippen molar-refractivity contribution in [3.05, 3.63) is 65.5 Å². The Kier molecular flexibility index (Phi) is 7.13. The molecular formula is C25H30N4O5S. The van der Waals surface area contributed by atoms with Crippen LogP contribution < -0.4 is 9.47 Å². The van der Waals surface area contributed by atoms with Crippen molar-refractivity contribution in [3.63, 3.8) is 0 Å². The van der Waals surface area contributed by atoms with Crippen molar-refractivity contribution in [1.29, 1.82) is 0 Å². The summed E-state index contributed by atoms with van der Waals surface area (Å²) in [7, 11) is -0.915. The first-order valence-electron chi connectivity index (χ1n) is 11.5. The molecule has 0 radical (unpaired) electrons. The van der Waals surface area contributed by atoms with Crippen molar-refractivity contribution in [2.75, 3.05) is 40.4 Å². The molecular weight excluding hydrogens is 468 g/mol. The second kappa shape index (κ2) is 10.1. The number of hydrogen-bond acceptors (Lipinski definition) is 6. The summed E-state index contributed by atoms with van der Waals surface area (Å²) >= 11 is 0. The summed E-state index contributed by atoms with van der Waals surface area (Å²) in [6.45, 7) is 4.94. The summed E-state index contributed by atoms with van der Waals surface area (Å²) in [6.07, 6.45) is 2.24. The molecule has 1 aliphatic heterocycles. The molecule has 1 saturated heterocycles. The largest absolute Gasteiger partial charge is 0.497 e. The molecule has 3 aromatic rings. The molecule has 1 amide bonds. The van der Waals surface area contributed by atoms with Crippen molar-refractivity contribution in [1.82, 2.24) is 19.0 Å². The predicted octanol–water partition coefficient (Wildman–Crippen LogP) is 2.91. The van der Waals surface area contributed by atoms with Crippen LogP contribution in [0, 0.1) is 6.92 Å². The molecule has 1 fully saturated rings. The number of amides is 1. The maximum Gasteiger partial charge on any atom is 0.257 e. The van der Waals surface area contributed by atoms with E-state index in [-0.39, 0.29) is 42.7 Å². The fourth-order valence-electron chi connectivity index (χ4n) is 4.23. The number of nitrogens with zero attached hydrogens (tertiary/aromatic N) is 4. The van der Waals surface area contributed by atoms with Gasteiger partial charge in [-0.25, -0.2) is 13.1 Å². The van der Waals surface area contributed by atoms with Gasteiger partial charge in [0.2, 0.25) is 10.0 Å². The number of carbonyl (C=O) groups excluding carboxylic acids is 1. The van der Waals surface area contributed by atoms with Crippen molar-refractivity contribution >= 4 is 15.9 Å². The van der Waals surface area contributed by atoms with E-state index in [9.17, 15) is 13.2 Å². The molecule has 186 valence electrons. The van der Waals surface area contributed by atoms with E-state index >= 15 is 0 Å². The van der Waals surface area contributed by atoms with Gasteiger partial charge in [0.15, 0.2) is 0 Å². The van der Waals surface area contributed by atoms with E-state index in [2.05, 4.69) is 5.10 Å². The number of aromatic nitrogens is 2. The van der Waals surface area contributed by atoms with Crippen molar-refractivity contribution in [3.8, 4) is 17.2 Å². The van der Waals surface area contributed by atoms with Gasteiger partial charge < -0.3 is 14.4 Å². The summed E-state index contributed by atoms with van der Waals surface area (Å²) in [6, 6.07) is 12.7. The second-order valence-electron chi connectivity index (χ2n) is 8.32. The van der Waals surface area contributed by atoms with Crippen LogP contribution in [-0.2, 0) is 16.4 Å². The monoisotopic (exact) mass is 498 g/mol. The minimum atomic E-state index is -3.83. The molecule has 0 aliphatic carbocycles. The maximum absolute atomic E-state index is 13.4. The highest BCUT2D eigenvalue weighted by Gasteiger charge is 2.33. The fraction of sp³-hybridized carbons (Fsp3) is 0.360. The Morgan fingerprint density at radius 2 is 1.69 bits per heavy atom. The zero-order valence-electron chi connectivity index (χ0n) is 20.4. The number of carbonyl (C=O) groups is 1. The minimum Gasteiger partial charge on any atom is -0.497 e. The van der Waals surface area contributed by atoms with Crippen LogP contribution in [0.15, 0.2) is 53.6 Å². The summed E-state index contributed by atoms with van der Waals surface area (Å²) in [4.78, 5) is 15.1. The van der Waals surface area contributed by atoms with Gasteiger partial charge in [0.25, 0.3) is 5.91 Å². The van der Waals surface area contributed by atoms with Crippen molar-refractivity contribution in [2.45, 2.75) is 25.2 Å². The molecule has 2 aromatic carbocycles. The summed E-state index contributed by atoms with van der Waals surface area (Å²) in [5.41, 5.74) is 3.41. The summed E-state index contributed by atoms with van der Waals surface area (Å²) in [5.74, 6) is 0.535. The highest BCUT2D eigenvalue weighted by Crippen LogP contribution is 2.31. The average Bonchev–Trinajstić information content (AvgIpc) is 3.32. The van der Waals surface area contributed by atoms with E-state index in [0.717, 1.165) is 16.9 Å². The highest BCUT2D eigenvalue weighted by atomic mass is 32.2. The molecule has 0 atom stereocenters. The van der Waals surface area contributed by atoms with Gasteiger partial charge in [0, 0.05) is 32.2 Å². The molecule has 9 nitrogen and oxygen atoms in total. The van der Waals surface area contributed by atoms with Crippen LogP contribution in [-0.4, -0.2) is 73.7 Å². The quantitative estimate of drug-likeness (QED) is 0.497. The molecule has 4 rings (SSSR count). The summed E-state index contributed by atoms with van der Waals surface area (Å²) in [5, 5.41) is 4.47. The second-order valence-corrected chi connectivity index (χ2v) is 10.2. The van der Waals surface area contributed by atoms with Crippen LogP contribution in [0.2, 0.25) is 0 Å². The molecule has 1 aliphatic rings. The number of sulfonamides is 1. The minimum absolute atomic E-state index is 0.0479. The van der Waals surface area contributed by atoms with Crippen LogP contribution in [0.1, 0.15) is 28.5 Å². The first kappa shape index (κ1) is 24.7. The highest BCUT2D eigenvalue weighted by molar-refractivity contribution is 7.89. The first-order chi connectivity index (χ1) is 16.8. The van der Waals surface area contributed by atoms with Gasteiger partial charge in [0.05, 0.1) is 37.4 Å². The third-order valence-electron chi connectivity index (χ3n) is 6.23. The van der Waals surface area contributed by atoms with Gasteiger partial charge >= 0.3 is 0 Å². The molecule has 0 unspecified atom stereocenters. The number of piperazine rings is 1. The van der Waals surface area contributed by atoms with E-state index in [1.54, 1.807) is 27.9 Å². The topological polar surface area (TPSA) is 94.0 Å². The lowest BCUT2D eigenvalue weighted by atomic mass is 10.1. The van der Waals surface area contributed by atoms with Gasteiger partial charge in [-0.15, -0.1) is 0 Å². The Morgan fingerprint density at radius 3 is 2.29 bits per heavy atom. The zero-order valence-corrected chi connectivity index (χ0v) is 21.2. The van der Waals surface area contributed by atoms with Crippen LogP contribution >= 0.6 is 0 Å². The van der Waals surface area contributed by atoms with Gasteiger partial charge in [0.1, 0.15) is 16.4 Å². The SMILES string of the molecule is CCc1c(C(=O)N2CCN(S(=O)(=O)c3cc(OC)ccc3OC)CC2)cnn1-c1ccc(C)cc1. The molecule has 1 aromatic heterocycles. The Morgan fingerprint density at radius 1 is 1.00 bits per heavy atom. The smallest absolute Gasteiger partial charge is 0.257 e.